The van der Waals surface area contributed by atoms with Crippen LogP contribution in [0.15, 0.2) is 30.3 Å². The van der Waals surface area contributed by atoms with Crippen molar-refractivity contribution in [1.82, 2.24) is 4.90 Å². The lowest BCUT2D eigenvalue weighted by molar-refractivity contribution is 0.140. The maximum atomic E-state index is 5.79. The Morgan fingerprint density at radius 1 is 1.33 bits per heavy atom. The molecule has 0 radical (unpaired) electrons. The van der Waals surface area contributed by atoms with Crippen LogP contribution in [0.2, 0.25) is 0 Å². The van der Waals surface area contributed by atoms with Crippen LogP contribution in [0.4, 0.5) is 0 Å². The fourth-order valence-electron chi connectivity index (χ4n) is 1.64. The molecular formula is C12H20N2O. The lowest BCUT2D eigenvalue weighted by Gasteiger charge is -2.26. The van der Waals surface area contributed by atoms with Crippen LogP contribution in [0.1, 0.15) is 11.6 Å². The van der Waals surface area contributed by atoms with Gasteiger partial charge in [-0.15, -0.1) is 0 Å². The van der Waals surface area contributed by atoms with Gasteiger partial charge in [0.15, 0.2) is 0 Å². The fraction of sp³-hybridized carbons (Fsp3) is 0.500. The van der Waals surface area contributed by atoms with E-state index in [-0.39, 0.29) is 6.04 Å². The largest absolute Gasteiger partial charge is 0.383 e. The van der Waals surface area contributed by atoms with Crippen molar-refractivity contribution in [2.24, 2.45) is 5.73 Å². The number of ether oxygens (including phenoxy) is 1. The van der Waals surface area contributed by atoms with Crippen molar-refractivity contribution in [2.75, 3.05) is 33.9 Å². The lowest BCUT2D eigenvalue weighted by atomic mass is 10.1. The summed E-state index contributed by atoms with van der Waals surface area (Å²) in [5, 5.41) is 0. The summed E-state index contributed by atoms with van der Waals surface area (Å²) in [7, 11) is 3.79. The topological polar surface area (TPSA) is 38.5 Å². The van der Waals surface area contributed by atoms with Gasteiger partial charge < -0.3 is 10.5 Å². The Bertz CT molecular complexity index is 264. The number of nitrogens with two attached hydrogens (primary N) is 1. The highest BCUT2D eigenvalue weighted by molar-refractivity contribution is 5.19. The summed E-state index contributed by atoms with van der Waals surface area (Å²) >= 11 is 0. The molecule has 0 aromatic heterocycles. The molecule has 0 heterocycles. The minimum atomic E-state index is 0.279. The van der Waals surface area contributed by atoms with Crippen LogP contribution in [-0.2, 0) is 4.74 Å². The molecular weight excluding hydrogens is 188 g/mol. The molecule has 3 nitrogen and oxygen atoms in total. The maximum absolute atomic E-state index is 5.79. The minimum Gasteiger partial charge on any atom is -0.383 e. The van der Waals surface area contributed by atoms with Gasteiger partial charge in [0.1, 0.15) is 0 Å². The van der Waals surface area contributed by atoms with Crippen LogP contribution in [0.3, 0.4) is 0 Å². The summed E-state index contributed by atoms with van der Waals surface area (Å²) in [4.78, 5) is 2.22. The molecule has 0 bridgehead atoms. The Morgan fingerprint density at radius 2 is 2.00 bits per heavy atom. The van der Waals surface area contributed by atoms with E-state index in [1.54, 1.807) is 7.11 Å². The van der Waals surface area contributed by atoms with Gasteiger partial charge in [0, 0.05) is 26.2 Å². The van der Waals surface area contributed by atoms with Gasteiger partial charge in [0.25, 0.3) is 0 Å². The average Bonchev–Trinajstić information content (AvgIpc) is 2.29. The Labute approximate surface area is 91.8 Å². The third-order valence-corrected chi connectivity index (χ3v) is 2.59. The van der Waals surface area contributed by atoms with Crippen molar-refractivity contribution >= 4 is 0 Å². The SMILES string of the molecule is COCCN(C)C(CN)c1ccccc1. The number of rotatable bonds is 6. The normalized spacial score (nSPS) is 13.1. The van der Waals surface area contributed by atoms with E-state index in [0.29, 0.717) is 6.54 Å². The van der Waals surface area contributed by atoms with E-state index < -0.39 is 0 Å². The Balaban J connectivity index is 2.63. The molecule has 3 heteroatoms. The number of hydrogen-bond donors (Lipinski definition) is 1. The van der Waals surface area contributed by atoms with Gasteiger partial charge >= 0.3 is 0 Å². The van der Waals surface area contributed by atoms with Crippen molar-refractivity contribution in [1.29, 1.82) is 0 Å². The van der Waals surface area contributed by atoms with Crippen LogP contribution in [0.25, 0.3) is 0 Å². The van der Waals surface area contributed by atoms with E-state index in [2.05, 4.69) is 24.1 Å². The Kier molecular flexibility index (Phi) is 5.32. The average molecular weight is 208 g/mol. The number of hydrogen-bond acceptors (Lipinski definition) is 3. The second-order valence-corrected chi connectivity index (χ2v) is 3.64. The van der Waals surface area contributed by atoms with E-state index in [1.807, 2.05) is 18.2 Å². The van der Waals surface area contributed by atoms with E-state index in [0.717, 1.165) is 13.2 Å². The van der Waals surface area contributed by atoms with Crippen LogP contribution in [0, 0.1) is 0 Å². The van der Waals surface area contributed by atoms with E-state index in [4.69, 9.17) is 10.5 Å². The van der Waals surface area contributed by atoms with Crippen molar-refractivity contribution in [3.63, 3.8) is 0 Å². The molecule has 15 heavy (non-hydrogen) atoms. The second kappa shape index (κ2) is 6.56. The van der Waals surface area contributed by atoms with E-state index in [9.17, 15) is 0 Å². The molecule has 0 aliphatic carbocycles. The smallest absolute Gasteiger partial charge is 0.0589 e. The van der Waals surface area contributed by atoms with Crippen LogP contribution >= 0.6 is 0 Å². The molecule has 1 aromatic rings. The molecule has 1 rings (SSSR count). The molecule has 0 saturated carbocycles. The molecule has 84 valence electrons. The predicted molar refractivity (Wildman–Crippen MR) is 62.7 cm³/mol. The first-order valence-corrected chi connectivity index (χ1v) is 5.23. The first-order chi connectivity index (χ1) is 7.29. The van der Waals surface area contributed by atoms with Crippen LogP contribution in [0.5, 0.6) is 0 Å². The molecule has 1 atom stereocenters. The Morgan fingerprint density at radius 3 is 2.53 bits per heavy atom. The fourth-order valence-corrected chi connectivity index (χ4v) is 1.64. The molecule has 0 saturated heterocycles. The predicted octanol–water partition coefficient (Wildman–Crippen LogP) is 1.26. The van der Waals surface area contributed by atoms with Crippen LogP contribution < -0.4 is 5.73 Å². The summed E-state index contributed by atoms with van der Waals surface area (Å²) in [5.41, 5.74) is 7.06. The summed E-state index contributed by atoms with van der Waals surface area (Å²) in [6, 6.07) is 10.6. The minimum absolute atomic E-state index is 0.279. The van der Waals surface area contributed by atoms with Crippen molar-refractivity contribution in [3.05, 3.63) is 35.9 Å². The molecule has 0 fully saturated rings. The molecule has 2 N–H and O–H groups in total. The van der Waals surface area contributed by atoms with Gasteiger partial charge in [-0.25, -0.2) is 0 Å². The standard InChI is InChI=1S/C12H20N2O/c1-14(8-9-15-2)12(10-13)11-6-4-3-5-7-11/h3-7,12H,8-10,13H2,1-2H3. The second-order valence-electron chi connectivity index (χ2n) is 3.64. The van der Waals surface area contributed by atoms with Gasteiger partial charge in [0.2, 0.25) is 0 Å². The summed E-state index contributed by atoms with van der Waals surface area (Å²) in [6.45, 7) is 2.26. The van der Waals surface area contributed by atoms with E-state index in [1.165, 1.54) is 5.56 Å². The summed E-state index contributed by atoms with van der Waals surface area (Å²) < 4.78 is 5.06. The maximum Gasteiger partial charge on any atom is 0.0589 e. The number of methoxy groups -OCH3 is 1. The molecule has 0 aliphatic rings. The number of benzene rings is 1. The highest BCUT2D eigenvalue weighted by Gasteiger charge is 2.14. The van der Waals surface area contributed by atoms with Crippen molar-refractivity contribution < 1.29 is 4.74 Å². The van der Waals surface area contributed by atoms with Crippen LogP contribution in [-0.4, -0.2) is 38.8 Å². The molecule has 1 aromatic carbocycles. The van der Waals surface area contributed by atoms with Gasteiger partial charge in [-0.2, -0.15) is 0 Å². The number of nitrogens with zero attached hydrogens (tertiary/aromatic N) is 1. The quantitative estimate of drug-likeness (QED) is 0.765. The van der Waals surface area contributed by atoms with Gasteiger partial charge in [-0.1, -0.05) is 30.3 Å². The summed E-state index contributed by atoms with van der Waals surface area (Å²) in [6.07, 6.45) is 0. The first-order valence-electron chi connectivity index (χ1n) is 5.23. The monoisotopic (exact) mass is 208 g/mol. The van der Waals surface area contributed by atoms with Gasteiger partial charge in [0.05, 0.1) is 6.61 Å². The zero-order chi connectivity index (χ0) is 11.1. The zero-order valence-electron chi connectivity index (χ0n) is 9.52. The lowest BCUT2D eigenvalue weighted by Crippen LogP contribution is -2.32. The summed E-state index contributed by atoms with van der Waals surface area (Å²) in [5.74, 6) is 0. The van der Waals surface area contributed by atoms with Gasteiger partial charge in [-0.3, -0.25) is 4.90 Å². The Hall–Kier alpha value is -0.900. The first kappa shape index (κ1) is 12.2. The molecule has 0 aliphatic heterocycles. The number of likely N-dealkylation sites (N-methyl/N-ethyl adjacent to an activating group) is 1. The highest BCUT2D eigenvalue weighted by atomic mass is 16.5. The third-order valence-electron chi connectivity index (χ3n) is 2.59. The van der Waals surface area contributed by atoms with Gasteiger partial charge in [-0.05, 0) is 12.6 Å². The third kappa shape index (κ3) is 3.63. The van der Waals surface area contributed by atoms with Crippen molar-refractivity contribution in [3.8, 4) is 0 Å². The molecule has 0 spiro atoms. The molecule has 0 amide bonds. The van der Waals surface area contributed by atoms with E-state index >= 15 is 0 Å². The zero-order valence-corrected chi connectivity index (χ0v) is 9.52. The highest BCUT2D eigenvalue weighted by Crippen LogP contribution is 2.16. The molecule has 1 unspecified atom stereocenters. The van der Waals surface area contributed by atoms with Crippen molar-refractivity contribution in [2.45, 2.75) is 6.04 Å².